The van der Waals surface area contributed by atoms with Crippen LogP contribution in [0.4, 0.5) is 0 Å². The Hall–Kier alpha value is -1.09. The van der Waals surface area contributed by atoms with Gasteiger partial charge in [-0.15, -0.1) is 0 Å². The van der Waals surface area contributed by atoms with Gasteiger partial charge in [0.05, 0.1) is 6.20 Å². The summed E-state index contributed by atoms with van der Waals surface area (Å²) in [6, 6.07) is 2.02. The van der Waals surface area contributed by atoms with Gasteiger partial charge in [-0.3, -0.25) is 4.98 Å². The monoisotopic (exact) mass is 208 g/mol. The van der Waals surface area contributed by atoms with E-state index in [1.165, 1.54) is 0 Å². The molecule has 0 spiro atoms. The molecule has 0 bridgehead atoms. The molecule has 2 heterocycles. The topological polar surface area (TPSA) is 34.1 Å². The lowest BCUT2D eigenvalue weighted by molar-refractivity contribution is 0.222. The zero-order valence-electron chi connectivity index (χ0n) is 9.79. The summed E-state index contributed by atoms with van der Waals surface area (Å²) in [6.07, 6.45) is 5.02. The van der Waals surface area contributed by atoms with E-state index in [9.17, 15) is 0 Å². The van der Waals surface area contributed by atoms with Gasteiger partial charge in [0.15, 0.2) is 0 Å². The molecule has 0 radical (unpaired) electrons. The van der Waals surface area contributed by atoms with E-state index in [0.29, 0.717) is 6.10 Å². The van der Waals surface area contributed by atoms with E-state index in [0.717, 1.165) is 30.8 Å². The maximum Gasteiger partial charge on any atom is 0.138 e. The van der Waals surface area contributed by atoms with Crippen molar-refractivity contribution in [2.24, 2.45) is 0 Å². The molecule has 1 aliphatic heterocycles. The molecule has 0 aliphatic carbocycles. The molecule has 1 N–H and O–H groups in total. The van der Waals surface area contributed by atoms with Crippen molar-refractivity contribution in [3.8, 4) is 5.75 Å². The Kier molecular flexibility index (Phi) is 5.12. The average molecular weight is 208 g/mol. The van der Waals surface area contributed by atoms with Gasteiger partial charge in [0.1, 0.15) is 11.9 Å². The van der Waals surface area contributed by atoms with E-state index in [4.69, 9.17) is 4.74 Å². The lowest BCUT2D eigenvalue weighted by Gasteiger charge is -2.11. The van der Waals surface area contributed by atoms with Crippen LogP contribution in [0.5, 0.6) is 5.75 Å². The smallest absolute Gasteiger partial charge is 0.138 e. The van der Waals surface area contributed by atoms with Crippen molar-refractivity contribution >= 4 is 0 Å². The number of nitrogens with one attached hydrogen (secondary N) is 1. The molecule has 1 aliphatic rings. The van der Waals surface area contributed by atoms with E-state index in [-0.39, 0.29) is 0 Å². The van der Waals surface area contributed by atoms with Crippen molar-refractivity contribution in [1.29, 1.82) is 0 Å². The summed E-state index contributed by atoms with van der Waals surface area (Å²) in [5.41, 5.74) is 1.14. The highest BCUT2D eigenvalue weighted by molar-refractivity contribution is 5.22. The number of hydrogen-bond donors (Lipinski definition) is 1. The van der Waals surface area contributed by atoms with E-state index in [1.54, 1.807) is 6.20 Å². The van der Waals surface area contributed by atoms with Crippen LogP contribution in [0.2, 0.25) is 0 Å². The largest absolute Gasteiger partial charge is 0.487 e. The van der Waals surface area contributed by atoms with Gasteiger partial charge in [0.25, 0.3) is 0 Å². The van der Waals surface area contributed by atoms with Crippen molar-refractivity contribution in [2.45, 2.75) is 33.3 Å². The molecule has 1 aromatic rings. The number of pyridine rings is 1. The van der Waals surface area contributed by atoms with Crippen molar-refractivity contribution in [3.05, 3.63) is 24.0 Å². The van der Waals surface area contributed by atoms with Gasteiger partial charge >= 0.3 is 0 Å². The minimum absolute atomic E-state index is 0.323. The number of aromatic nitrogens is 1. The third-order valence-electron chi connectivity index (χ3n) is 2.17. The molecule has 1 fully saturated rings. The van der Waals surface area contributed by atoms with Crippen LogP contribution < -0.4 is 10.1 Å². The van der Waals surface area contributed by atoms with Crippen LogP contribution in [-0.4, -0.2) is 24.2 Å². The van der Waals surface area contributed by atoms with Gasteiger partial charge in [-0.2, -0.15) is 0 Å². The number of hydrogen-bond acceptors (Lipinski definition) is 3. The first-order valence-electron chi connectivity index (χ1n) is 5.63. The third kappa shape index (κ3) is 3.88. The summed E-state index contributed by atoms with van der Waals surface area (Å²) >= 11 is 0. The molecule has 3 heteroatoms. The third-order valence-corrected chi connectivity index (χ3v) is 2.17. The minimum Gasteiger partial charge on any atom is -0.487 e. The molecule has 0 amide bonds. The maximum atomic E-state index is 5.73. The van der Waals surface area contributed by atoms with Crippen LogP contribution in [0.15, 0.2) is 18.5 Å². The first-order chi connectivity index (χ1) is 7.34. The summed E-state index contributed by atoms with van der Waals surface area (Å²) in [7, 11) is 0. The molecule has 1 aromatic heterocycles. The Morgan fingerprint density at radius 3 is 2.80 bits per heavy atom. The summed E-state index contributed by atoms with van der Waals surface area (Å²) < 4.78 is 5.73. The fourth-order valence-corrected chi connectivity index (χ4v) is 1.51. The predicted octanol–water partition coefficient (Wildman–Crippen LogP) is 2.16. The van der Waals surface area contributed by atoms with Crippen LogP contribution >= 0.6 is 0 Å². The molecule has 2 rings (SSSR count). The van der Waals surface area contributed by atoms with Crippen LogP contribution in [0.3, 0.4) is 0 Å². The molecule has 0 aromatic carbocycles. The normalized spacial score (nSPS) is 19.3. The van der Waals surface area contributed by atoms with Gasteiger partial charge in [-0.25, -0.2) is 0 Å². The molecule has 0 saturated carbocycles. The second-order valence-corrected chi connectivity index (χ2v) is 3.43. The molecule has 1 unspecified atom stereocenters. The fraction of sp³-hybridized carbons (Fsp3) is 0.583. The van der Waals surface area contributed by atoms with E-state index < -0.39 is 0 Å². The van der Waals surface area contributed by atoms with Crippen molar-refractivity contribution < 1.29 is 4.74 Å². The van der Waals surface area contributed by atoms with Gasteiger partial charge in [0.2, 0.25) is 0 Å². The molecule has 84 valence electrons. The van der Waals surface area contributed by atoms with Crippen LogP contribution in [0, 0.1) is 6.92 Å². The number of aryl methyl sites for hydroxylation is 1. The Morgan fingerprint density at radius 1 is 1.40 bits per heavy atom. The van der Waals surface area contributed by atoms with Gasteiger partial charge in [-0.05, 0) is 31.5 Å². The Balaban J connectivity index is 0.000000531. The molecule has 3 nitrogen and oxygen atoms in total. The molecule has 1 atom stereocenters. The second-order valence-electron chi connectivity index (χ2n) is 3.43. The quantitative estimate of drug-likeness (QED) is 0.808. The zero-order chi connectivity index (χ0) is 11.1. The Labute approximate surface area is 91.9 Å². The fourth-order valence-electron chi connectivity index (χ4n) is 1.51. The van der Waals surface area contributed by atoms with Crippen LogP contribution in [0.1, 0.15) is 25.8 Å². The first kappa shape index (κ1) is 12.0. The number of rotatable bonds is 2. The summed E-state index contributed by atoms with van der Waals surface area (Å²) in [5, 5.41) is 3.26. The molecular weight excluding hydrogens is 188 g/mol. The maximum absolute atomic E-state index is 5.73. The standard InChI is InChI=1S/C10H14N2O.C2H6/c1-8-4-10(7-12-5-8)13-9-2-3-11-6-9;1-2/h4-5,7,9,11H,2-3,6H2,1H3;1-2H3. The average Bonchev–Trinajstić information content (AvgIpc) is 2.74. The van der Waals surface area contributed by atoms with Crippen molar-refractivity contribution in [1.82, 2.24) is 10.3 Å². The van der Waals surface area contributed by atoms with Gasteiger partial charge < -0.3 is 10.1 Å². The van der Waals surface area contributed by atoms with Crippen LogP contribution in [-0.2, 0) is 0 Å². The van der Waals surface area contributed by atoms with E-state index >= 15 is 0 Å². The van der Waals surface area contributed by atoms with Gasteiger partial charge in [0, 0.05) is 12.7 Å². The highest BCUT2D eigenvalue weighted by Gasteiger charge is 2.15. The number of nitrogens with zero attached hydrogens (tertiary/aromatic N) is 1. The predicted molar refractivity (Wildman–Crippen MR) is 62.2 cm³/mol. The molecular formula is C12H20N2O. The zero-order valence-corrected chi connectivity index (χ0v) is 9.79. The molecule has 1 saturated heterocycles. The minimum atomic E-state index is 0.323. The van der Waals surface area contributed by atoms with Crippen molar-refractivity contribution in [2.75, 3.05) is 13.1 Å². The summed E-state index contributed by atoms with van der Waals surface area (Å²) in [4.78, 5) is 4.08. The Morgan fingerprint density at radius 2 is 2.20 bits per heavy atom. The van der Waals surface area contributed by atoms with E-state index in [1.807, 2.05) is 33.0 Å². The number of ether oxygens (including phenoxy) is 1. The summed E-state index contributed by atoms with van der Waals surface area (Å²) in [5.74, 6) is 0.883. The Bertz CT molecular complexity index is 283. The SMILES string of the molecule is CC.Cc1cncc(OC2CCNC2)c1. The van der Waals surface area contributed by atoms with E-state index in [2.05, 4.69) is 10.3 Å². The highest BCUT2D eigenvalue weighted by Crippen LogP contribution is 2.14. The lowest BCUT2D eigenvalue weighted by Crippen LogP contribution is -2.19. The van der Waals surface area contributed by atoms with Crippen molar-refractivity contribution in [3.63, 3.8) is 0 Å². The van der Waals surface area contributed by atoms with Gasteiger partial charge in [-0.1, -0.05) is 13.8 Å². The second kappa shape index (κ2) is 6.40. The highest BCUT2D eigenvalue weighted by atomic mass is 16.5. The summed E-state index contributed by atoms with van der Waals surface area (Å²) in [6.45, 7) is 8.03. The van der Waals surface area contributed by atoms with Crippen LogP contribution in [0.25, 0.3) is 0 Å². The molecule has 15 heavy (non-hydrogen) atoms. The first-order valence-corrected chi connectivity index (χ1v) is 5.63. The lowest BCUT2D eigenvalue weighted by atomic mass is 10.3.